The molecule has 2 bridgehead atoms. The maximum atomic E-state index is 13.8. The number of amides is 1. The molecule has 4 aromatic rings. The summed E-state index contributed by atoms with van der Waals surface area (Å²) in [7, 11) is 2.01. The lowest BCUT2D eigenvalue weighted by Gasteiger charge is -2.45. The Kier molecular flexibility index (Phi) is 4.54. The van der Waals surface area contributed by atoms with Gasteiger partial charge in [0.05, 0.1) is 28.0 Å². The molecule has 6 heteroatoms. The molecule has 0 unspecified atom stereocenters. The standard InChI is InChI=1S/C26H23ClN4O/c1-30-25(16-6-3-2-4-7-16)20-15-18-8-5-9-23(24(20)29-30)31(18)26(32)17-10-11-22-19(14-17)21(27)12-13-28-22/h2-4,6-7,10-14,18,23H,5,8-9,15H2,1H3/t18-,23+/m1/s1. The van der Waals surface area contributed by atoms with Gasteiger partial charge in [-0.3, -0.25) is 14.5 Å². The van der Waals surface area contributed by atoms with E-state index in [2.05, 4.69) is 34.1 Å². The first kappa shape index (κ1) is 19.5. The van der Waals surface area contributed by atoms with E-state index in [0.717, 1.165) is 42.3 Å². The molecule has 1 saturated heterocycles. The highest BCUT2D eigenvalue weighted by atomic mass is 35.5. The number of rotatable bonds is 2. The van der Waals surface area contributed by atoms with E-state index in [-0.39, 0.29) is 18.0 Å². The highest BCUT2D eigenvalue weighted by Crippen LogP contribution is 2.45. The van der Waals surface area contributed by atoms with Crippen LogP contribution < -0.4 is 0 Å². The van der Waals surface area contributed by atoms with Crippen molar-refractivity contribution in [2.75, 3.05) is 0 Å². The predicted octanol–water partition coefficient (Wildman–Crippen LogP) is 5.58. The second kappa shape index (κ2) is 7.45. The van der Waals surface area contributed by atoms with E-state index in [1.54, 1.807) is 12.3 Å². The van der Waals surface area contributed by atoms with Gasteiger partial charge in [-0.1, -0.05) is 41.9 Å². The van der Waals surface area contributed by atoms with Crippen molar-refractivity contribution in [3.05, 3.63) is 82.6 Å². The van der Waals surface area contributed by atoms with Crippen LogP contribution in [0, 0.1) is 0 Å². The molecule has 2 aliphatic rings. The quantitative estimate of drug-likeness (QED) is 0.407. The molecule has 1 amide bonds. The summed E-state index contributed by atoms with van der Waals surface area (Å²) in [5.74, 6) is 0.0547. The third kappa shape index (κ3) is 2.95. The number of hydrogen-bond donors (Lipinski definition) is 0. The zero-order valence-electron chi connectivity index (χ0n) is 17.8. The highest BCUT2D eigenvalue weighted by Gasteiger charge is 2.43. The van der Waals surface area contributed by atoms with Gasteiger partial charge in [0, 0.05) is 41.4 Å². The number of pyridine rings is 1. The van der Waals surface area contributed by atoms with Crippen molar-refractivity contribution in [1.82, 2.24) is 19.7 Å². The molecule has 1 fully saturated rings. The summed E-state index contributed by atoms with van der Waals surface area (Å²) in [4.78, 5) is 20.2. The van der Waals surface area contributed by atoms with Crippen LogP contribution in [-0.2, 0) is 13.5 Å². The van der Waals surface area contributed by atoms with E-state index in [0.29, 0.717) is 10.6 Å². The smallest absolute Gasteiger partial charge is 0.254 e. The molecule has 2 aromatic heterocycles. The fourth-order valence-electron chi connectivity index (χ4n) is 5.50. The summed E-state index contributed by atoms with van der Waals surface area (Å²) >= 11 is 6.38. The van der Waals surface area contributed by atoms with Gasteiger partial charge in [0.15, 0.2) is 0 Å². The monoisotopic (exact) mass is 442 g/mol. The fraction of sp³-hybridized carbons (Fsp3) is 0.269. The van der Waals surface area contributed by atoms with Gasteiger partial charge in [-0.05, 0) is 49.9 Å². The van der Waals surface area contributed by atoms with Gasteiger partial charge in [-0.25, -0.2) is 0 Å². The van der Waals surface area contributed by atoms with Crippen LogP contribution in [0.25, 0.3) is 22.2 Å². The molecule has 6 rings (SSSR count). The average Bonchev–Trinajstić information content (AvgIpc) is 3.14. The van der Waals surface area contributed by atoms with E-state index < -0.39 is 0 Å². The number of nitrogens with zero attached hydrogens (tertiary/aromatic N) is 4. The molecule has 2 aliphatic heterocycles. The first-order valence-electron chi connectivity index (χ1n) is 11.1. The van der Waals surface area contributed by atoms with Crippen LogP contribution in [0.15, 0.2) is 60.8 Å². The minimum atomic E-state index is 0.00808. The first-order valence-corrected chi connectivity index (χ1v) is 11.5. The third-order valence-electron chi connectivity index (χ3n) is 6.89. The van der Waals surface area contributed by atoms with E-state index in [1.807, 2.05) is 36.0 Å². The van der Waals surface area contributed by atoms with Gasteiger partial charge >= 0.3 is 0 Å². The number of aromatic nitrogens is 3. The number of carbonyl (C=O) groups excluding carboxylic acids is 1. The van der Waals surface area contributed by atoms with Crippen molar-refractivity contribution in [1.29, 1.82) is 0 Å². The summed E-state index contributed by atoms with van der Waals surface area (Å²) in [5.41, 5.74) is 6.16. The largest absolute Gasteiger partial charge is 0.327 e. The van der Waals surface area contributed by atoms with Gasteiger partial charge in [-0.15, -0.1) is 0 Å². The van der Waals surface area contributed by atoms with E-state index in [1.165, 1.54) is 16.8 Å². The number of carbonyl (C=O) groups is 1. The fourth-order valence-corrected chi connectivity index (χ4v) is 5.71. The van der Waals surface area contributed by atoms with Gasteiger partial charge in [0.1, 0.15) is 0 Å². The Labute approximate surface area is 191 Å². The SMILES string of the molecule is Cn1nc2c(c1-c1ccccc1)C[C@H]1CCC[C@@H]2N1C(=O)c1ccc2nccc(Cl)c2c1. The Bertz CT molecular complexity index is 1350. The lowest BCUT2D eigenvalue weighted by molar-refractivity contribution is 0.0392. The third-order valence-corrected chi connectivity index (χ3v) is 7.22. The first-order chi connectivity index (χ1) is 15.6. The van der Waals surface area contributed by atoms with Crippen LogP contribution in [0.3, 0.4) is 0 Å². The maximum absolute atomic E-state index is 13.8. The highest BCUT2D eigenvalue weighted by molar-refractivity contribution is 6.35. The summed E-state index contributed by atoms with van der Waals surface area (Å²) in [5, 5.41) is 6.36. The van der Waals surface area contributed by atoms with Crippen molar-refractivity contribution in [3.8, 4) is 11.3 Å². The Morgan fingerprint density at radius 2 is 1.94 bits per heavy atom. The Morgan fingerprint density at radius 3 is 2.78 bits per heavy atom. The summed E-state index contributed by atoms with van der Waals surface area (Å²) in [6.45, 7) is 0. The lowest BCUT2D eigenvalue weighted by Crippen LogP contribution is -2.49. The van der Waals surface area contributed by atoms with Crippen LogP contribution >= 0.6 is 11.6 Å². The summed E-state index contributed by atoms with van der Waals surface area (Å²) < 4.78 is 1.99. The normalized spacial score (nSPS) is 19.8. The van der Waals surface area contributed by atoms with Crippen molar-refractivity contribution < 1.29 is 4.79 Å². The number of benzene rings is 2. The van der Waals surface area contributed by atoms with E-state index >= 15 is 0 Å². The molecule has 4 heterocycles. The predicted molar refractivity (Wildman–Crippen MR) is 126 cm³/mol. The molecular formula is C26H23ClN4O. The number of halogens is 1. The molecule has 5 nitrogen and oxygen atoms in total. The minimum absolute atomic E-state index is 0.00808. The summed E-state index contributed by atoms with van der Waals surface area (Å²) in [6.07, 6.45) is 5.60. The number of aryl methyl sites for hydroxylation is 1. The average molecular weight is 443 g/mol. The number of fused-ring (bicyclic) bond motifs is 5. The zero-order valence-corrected chi connectivity index (χ0v) is 18.6. The molecule has 0 radical (unpaired) electrons. The van der Waals surface area contributed by atoms with Crippen LogP contribution in [-0.4, -0.2) is 31.6 Å². The maximum Gasteiger partial charge on any atom is 0.254 e. The van der Waals surface area contributed by atoms with Gasteiger partial charge < -0.3 is 4.90 Å². The molecule has 160 valence electrons. The second-order valence-electron chi connectivity index (χ2n) is 8.74. The van der Waals surface area contributed by atoms with Crippen LogP contribution in [0.1, 0.15) is 46.9 Å². The molecule has 0 saturated carbocycles. The van der Waals surface area contributed by atoms with E-state index in [4.69, 9.17) is 16.7 Å². The molecule has 0 aliphatic carbocycles. The zero-order chi connectivity index (χ0) is 21.8. The van der Waals surface area contributed by atoms with Crippen molar-refractivity contribution in [2.45, 2.75) is 37.8 Å². The Balaban J connectivity index is 1.43. The molecule has 2 aromatic carbocycles. The number of hydrogen-bond acceptors (Lipinski definition) is 3. The second-order valence-corrected chi connectivity index (χ2v) is 9.15. The lowest BCUT2D eigenvalue weighted by atomic mass is 9.81. The van der Waals surface area contributed by atoms with Crippen molar-refractivity contribution in [3.63, 3.8) is 0 Å². The Morgan fingerprint density at radius 1 is 1.09 bits per heavy atom. The van der Waals surface area contributed by atoms with Gasteiger partial charge in [0.25, 0.3) is 5.91 Å². The van der Waals surface area contributed by atoms with Crippen LogP contribution in [0.5, 0.6) is 0 Å². The molecule has 32 heavy (non-hydrogen) atoms. The molecule has 2 atom stereocenters. The minimum Gasteiger partial charge on any atom is -0.327 e. The Hall–Kier alpha value is -3.18. The van der Waals surface area contributed by atoms with Gasteiger partial charge in [-0.2, -0.15) is 5.10 Å². The van der Waals surface area contributed by atoms with Crippen molar-refractivity contribution in [2.24, 2.45) is 7.05 Å². The van der Waals surface area contributed by atoms with Crippen molar-refractivity contribution >= 4 is 28.4 Å². The van der Waals surface area contributed by atoms with Crippen LogP contribution in [0.4, 0.5) is 0 Å². The van der Waals surface area contributed by atoms with Crippen LogP contribution in [0.2, 0.25) is 5.02 Å². The van der Waals surface area contributed by atoms with Gasteiger partial charge in [0.2, 0.25) is 0 Å². The topological polar surface area (TPSA) is 51.0 Å². The number of piperidine rings is 1. The van der Waals surface area contributed by atoms with E-state index in [9.17, 15) is 4.79 Å². The molecule has 0 N–H and O–H groups in total. The molecule has 0 spiro atoms. The molecular weight excluding hydrogens is 420 g/mol. The summed E-state index contributed by atoms with van der Waals surface area (Å²) in [6, 6.07) is 18.0.